The van der Waals surface area contributed by atoms with Crippen molar-refractivity contribution in [2.75, 3.05) is 23.4 Å². The van der Waals surface area contributed by atoms with E-state index in [9.17, 15) is 0 Å². The van der Waals surface area contributed by atoms with Crippen LogP contribution in [0.5, 0.6) is 0 Å². The average Bonchev–Trinajstić information content (AvgIpc) is 2.32. The van der Waals surface area contributed by atoms with E-state index >= 15 is 0 Å². The summed E-state index contributed by atoms with van der Waals surface area (Å²) in [6.07, 6.45) is 3.17. The van der Waals surface area contributed by atoms with Crippen molar-refractivity contribution in [2.45, 2.75) is 6.92 Å². The van der Waals surface area contributed by atoms with E-state index < -0.39 is 0 Å². The van der Waals surface area contributed by atoms with Crippen molar-refractivity contribution in [3.05, 3.63) is 30.2 Å². The van der Waals surface area contributed by atoms with E-state index in [-0.39, 0.29) is 0 Å². The minimum Gasteiger partial charge on any atom is -0.393 e. The van der Waals surface area contributed by atoms with E-state index in [1.54, 1.807) is 13.2 Å². The first-order valence-electron chi connectivity index (χ1n) is 5.18. The van der Waals surface area contributed by atoms with Gasteiger partial charge < -0.3 is 16.4 Å². The predicted molar refractivity (Wildman–Crippen MR) is 68.2 cm³/mol. The van der Waals surface area contributed by atoms with E-state index in [2.05, 4.69) is 25.6 Å². The van der Waals surface area contributed by atoms with Gasteiger partial charge in [0.1, 0.15) is 17.8 Å². The van der Waals surface area contributed by atoms with E-state index in [1.165, 1.54) is 6.33 Å². The zero-order valence-corrected chi connectivity index (χ0v) is 9.73. The Morgan fingerprint density at radius 1 is 1.18 bits per heavy atom. The Kier molecular flexibility index (Phi) is 3.04. The Hall–Kier alpha value is -2.37. The van der Waals surface area contributed by atoms with Crippen molar-refractivity contribution >= 4 is 23.1 Å². The third-order valence-electron chi connectivity index (χ3n) is 2.28. The number of hydrogen-bond acceptors (Lipinski definition) is 6. The highest BCUT2D eigenvalue weighted by Gasteiger charge is 2.07. The second-order valence-electron chi connectivity index (χ2n) is 3.58. The van der Waals surface area contributed by atoms with Gasteiger partial charge in [0.2, 0.25) is 0 Å². The molecule has 0 aliphatic rings. The zero-order chi connectivity index (χ0) is 12.3. The number of pyridine rings is 1. The number of nitrogens with zero attached hydrogens (tertiary/aromatic N) is 3. The molecule has 0 saturated carbocycles. The molecule has 6 nitrogen and oxygen atoms in total. The molecule has 0 amide bonds. The fourth-order valence-corrected chi connectivity index (χ4v) is 1.42. The monoisotopic (exact) mass is 230 g/mol. The molecule has 0 fully saturated rings. The molecule has 0 aromatic carbocycles. The van der Waals surface area contributed by atoms with E-state index in [0.29, 0.717) is 23.1 Å². The van der Waals surface area contributed by atoms with Gasteiger partial charge in [0.15, 0.2) is 11.6 Å². The lowest BCUT2D eigenvalue weighted by molar-refractivity contribution is 1.15. The molecule has 2 heterocycles. The molecule has 2 rings (SSSR count). The van der Waals surface area contributed by atoms with Crippen LogP contribution in [-0.4, -0.2) is 22.0 Å². The minimum absolute atomic E-state index is 0.471. The quantitative estimate of drug-likeness (QED) is 0.741. The number of aromatic nitrogens is 3. The molecule has 0 unspecified atom stereocenters. The number of rotatable bonds is 3. The maximum Gasteiger partial charge on any atom is 0.160 e. The summed E-state index contributed by atoms with van der Waals surface area (Å²) >= 11 is 0. The highest BCUT2D eigenvalue weighted by Crippen LogP contribution is 2.24. The molecule has 0 aliphatic carbocycles. The lowest BCUT2D eigenvalue weighted by atomic mass is 10.3. The van der Waals surface area contributed by atoms with Crippen LogP contribution in [0, 0.1) is 6.92 Å². The van der Waals surface area contributed by atoms with Gasteiger partial charge in [-0.2, -0.15) is 0 Å². The molecule has 0 atom stereocenters. The normalized spacial score (nSPS) is 10.0. The summed E-state index contributed by atoms with van der Waals surface area (Å²) in [7, 11) is 1.76. The lowest BCUT2D eigenvalue weighted by Gasteiger charge is -2.10. The first-order chi connectivity index (χ1) is 8.20. The summed E-state index contributed by atoms with van der Waals surface area (Å²) in [5.41, 5.74) is 7.49. The molecule has 2 aromatic rings. The van der Waals surface area contributed by atoms with Gasteiger partial charge in [-0.1, -0.05) is 0 Å². The first-order valence-corrected chi connectivity index (χ1v) is 5.18. The molecule has 0 bridgehead atoms. The van der Waals surface area contributed by atoms with Gasteiger partial charge in [0.05, 0.1) is 0 Å². The van der Waals surface area contributed by atoms with Crippen LogP contribution in [0.15, 0.2) is 24.7 Å². The van der Waals surface area contributed by atoms with Crippen molar-refractivity contribution < 1.29 is 0 Å². The molecule has 6 heteroatoms. The van der Waals surface area contributed by atoms with E-state index in [0.717, 1.165) is 5.56 Å². The molecule has 0 aliphatic heterocycles. The molecular weight excluding hydrogens is 216 g/mol. The maximum absolute atomic E-state index is 5.90. The first kappa shape index (κ1) is 11.1. The number of nitrogens with one attached hydrogen (secondary N) is 2. The van der Waals surface area contributed by atoms with Crippen LogP contribution < -0.4 is 16.4 Å². The van der Waals surface area contributed by atoms with E-state index in [1.807, 2.05) is 19.1 Å². The third-order valence-corrected chi connectivity index (χ3v) is 2.28. The number of anilines is 4. The highest BCUT2D eigenvalue weighted by atomic mass is 15.1. The number of nitrogen functional groups attached to an aromatic ring is 1. The van der Waals surface area contributed by atoms with Crippen molar-refractivity contribution in [2.24, 2.45) is 0 Å². The maximum atomic E-state index is 5.90. The summed E-state index contributed by atoms with van der Waals surface area (Å²) in [4.78, 5) is 12.3. The Labute approximate surface area is 99.3 Å². The minimum atomic E-state index is 0.471. The van der Waals surface area contributed by atoms with Gasteiger partial charge >= 0.3 is 0 Å². The van der Waals surface area contributed by atoms with Crippen molar-refractivity contribution in [1.82, 2.24) is 15.0 Å². The second-order valence-corrected chi connectivity index (χ2v) is 3.58. The summed E-state index contributed by atoms with van der Waals surface area (Å²) in [6, 6.07) is 3.84. The molecule has 4 N–H and O–H groups in total. The Morgan fingerprint density at radius 2 is 1.94 bits per heavy atom. The van der Waals surface area contributed by atoms with Gasteiger partial charge in [0, 0.05) is 13.2 Å². The van der Waals surface area contributed by atoms with Crippen molar-refractivity contribution in [3.8, 4) is 0 Å². The molecule has 17 heavy (non-hydrogen) atoms. The van der Waals surface area contributed by atoms with Gasteiger partial charge in [-0.05, 0) is 24.6 Å². The molecule has 0 saturated heterocycles. The fourth-order valence-electron chi connectivity index (χ4n) is 1.42. The van der Waals surface area contributed by atoms with Crippen LogP contribution >= 0.6 is 0 Å². The third kappa shape index (κ3) is 2.41. The topological polar surface area (TPSA) is 88.8 Å². The van der Waals surface area contributed by atoms with Gasteiger partial charge in [-0.25, -0.2) is 15.0 Å². The molecule has 0 spiro atoms. The zero-order valence-electron chi connectivity index (χ0n) is 9.73. The lowest BCUT2D eigenvalue weighted by Crippen LogP contribution is -2.05. The summed E-state index contributed by atoms with van der Waals surface area (Å²) in [5, 5.41) is 5.96. The Balaban J connectivity index is 2.30. The van der Waals surface area contributed by atoms with Crippen LogP contribution in [0.1, 0.15) is 5.56 Å². The summed E-state index contributed by atoms with van der Waals surface area (Å²) < 4.78 is 0. The van der Waals surface area contributed by atoms with Crippen LogP contribution in [0.4, 0.5) is 23.1 Å². The molecule has 2 aromatic heterocycles. The molecular formula is C11H14N6. The summed E-state index contributed by atoms with van der Waals surface area (Å²) in [5.74, 6) is 1.84. The number of hydrogen-bond donors (Lipinski definition) is 3. The van der Waals surface area contributed by atoms with Crippen LogP contribution in [0.3, 0.4) is 0 Å². The molecule has 0 radical (unpaired) electrons. The summed E-state index contributed by atoms with van der Waals surface area (Å²) in [6.45, 7) is 2.00. The van der Waals surface area contributed by atoms with Crippen molar-refractivity contribution in [1.29, 1.82) is 0 Å². The standard InChI is InChI=1S/C11H14N6/c1-7-3-4-14-8(5-7)17-11-9(12)10(13-2)15-6-16-11/h3-6H,12H2,1-2H3,(H2,13,14,15,16,17). The average molecular weight is 230 g/mol. The van der Waals surface area contributed by atoms with Gasteiger partial charge in [-0.15, -0.1) is 0 Å². The Bertz CT molecular complexity index is 525. The largest absolute Gasteiger partial charge is 0.393 e. The van der Waals surface area contributed by atoms with Gasteiger partial charge in [-0.3, -0.25) is 0 Å². The fraction of sp³-hybridized carbons (Fsp3) is 0.182. The van der Waals surface area contributed by atoms with Crippen LogP contribution in [0.2, 0.25) is 0 Å². The number of nitrogens with two attached hydrogens (primary N) is 1. The highest BCUT2D eigenvalue weighted by molar-refractivity contribution is 5.76. The second kappa shape index (κ2) is 4.65. The number of aryl methyl sites for hydroxylation is 1. The predicted octanol–water partition coefficient (Wildman–Crippen LogP) is 1.55. The van der Waals surface area contributed by atoms with Crippen LogP contribution in [0.25, 0.3) is 0 Å². The van der Waals surface area contributed by atoms with E-state index in [4.69, 9.17) is 5.73 Å². The SMILES string of the molecule is CNc1ncnc(Nc2cc(C)ccn2)c1N. The smallest absolute Gasteiger partial charge is 0.160 e. The molecule has 88 valence electrons. The Morgan fingerprint density at radius 3 is 2.65 bits per heavy atom. The van der Waals surface area contributed by atoms with Gasteiger partial charge in [0.25, 0.3) is 0 Å². The van der Waals surface area contributed by atoms with Crippen LogP contribution in [-0.2, 0) is 0 Å². The van der Waals surface area contributed by atoms with Crippen molar-refractivity contribution in [3.63, 3.8) is 0 Å².